The Labute approximate surface area is 109 Å². The minimum atomic E-state index is 0.0179. The molecule has 1 aromatic rings. The topological polar surface area (TPSA) is 62.4 Å². The van der Waals surface area contributed by atoms with Crippen LogP contribution in [0.25, 0.3) is 0 Å². The Morgan fingerprint density at radius 2 is 2.28 bits per heavy atom. The quantitative estimate of drug-likeness (QED) is 0.858. The predicted octanol–water partition coefficient (Wildman–Crippen LogP) is 1.84. The highest BCUT2D eigenvalue weighted by atomic mass is 16.3. The van der Waals surface area contributed by atoms with E-state index in [1.807, 2.05) is 25.3 Å². The summed E-state index contributed by atoms with van der Waals surface area (Å²) in [5, 5.41) is 9.50. The van der Waals surface area contributed by atoms with Gasteiger partial charge in [-0.2, -0.15) is 0 Å². The van der Waals surface area contributed by atoms with Gasteiger partial charge < -0.3 is 15.7 Å². The first-order chi connectivity index (χ1) is 8.72. The first kappa shape index (κ1) is 13.3. The summed E-state index contributed by atoms with van der Waals surface area (Å²) in [5.74, 6) is 0.959. The van der Waals surface area contributed by atoms with Crippen LogP contribution in [0.2, 0.25) is 0 Å². The Morgan fingerprint density at radius 3 is 2.89 bits per heavy atom. The summed E-state index contributed by atoms with van der Waals surface area (Å²) in [6, 6.07) is 4.28. The number of rotatable bonds is 3. The van der Waals surface area contributed by atoms with E-state index in [0.29, 0.717) is 0 Å². The monoisotopic (exact) mass is 249 g/mol. The lowest BCUT2D eigenvalue weighted by Gasteiger charge is -2.29. The fourth-order valence-electron chi connectivity index (χ4n) is 2.51. The number of nitrogens with zero attached hydrogens (tertiary/aromatic N) is 2. The first-order valence-electron chi connectivity index (χ1n) is 6.81. The van der Waals surface area contributed by atoms with Gasteiger partial charge >= 0.3 is 0 Å². The van der Waals surface area contributed by atoms with E-state index < -0.39 is 0 Å². The highest BCUT2D eigenvalue weighted by Crippen LogP contribution is 2.23. The molecule has 2 heterocycles. The van der Waals surface area contributed by atoms with Crippen LogP contribution in [-0.2, 0) is 0 Å². The molecular formula is C14H23N3O. The van der Waals surface area contributed by atoms with Crippen molar-refractivity contribution < 1.29 is 5.11 Å². The molecule has 0 spiro atoms. The Morgan fingerprint density at radius 1 is 1.44 bits per heavy atom. The van der Waals surface area contributed by atoms with E-state index in [0.717, 1.165) is 24.3 Å². The van der Waals surface area contributed by atoms with Crippen molar-refractivity contribution in [2.75, 3.05) is 18.1 Å². The van der Waals surface area contributed by atoms with Crippen molar-refractivity contribution in [3.63, 3.8) is 0 Å². The molecule has 100 valence electrons. The molecule has 0 bridgehead atoms. The number of aromatic nitrogens is 1. The van der Waals surface area contributed by atoms with Crippen LogP contribution in [-0.4, -0.2) is 29.3 Å². The molecule has 1 unspecified atom stereocenters. The fraction of sp³-hybridized carbons (Fsp3) is 0.643. The van der Waals surface area contributed by atoms with Gasteiger partial charge in [0.25, 0.3) is 0 Å². The van der Waals surface area contributed by atoms with Gasteiger partial charge in [-0.15, -0.1) is 0 Å². The Kier molecular flexibility index (Phi) is 4.55. The van der Waals surface area contributed by atoms with Crippen LogP contribution >= 0.6 is 0 Å². The van der Waals surface area contributed by atoms with Crippen LogP contribution in [0.3, 0.4) is 0 Å². The molecule has 1 aliphatic heterocycles. The van der Waals surface area contributed by atoms with Crippen LogP contribution in [0.4, 0.5) is 5.82 Å². The summed E-state index contributed by atoms with van der Waals surface area (Å²) < 4.78 is 0. The second-order valence-electron chi connectivity index (χ2n) is 5.12. The van der Waals surface area contributed by atoms with E-state index >= 15 is 0 Å². The van der Waals surface area contributed by atoms with Gasteiger partial charge in [0.15, 0.2) is 0 Å². The van der Waals surface area contributed by atoms with Crippen LogP contribution < -0.4 is 10.6 Å². The maximum atomic E-state index is 9.50. The van der Waals surface area contributed by atoms with E-state index in [4.69, 9.17) is 5.73 Å². The van der Waals surface area contributed by atoms with Crippen molar-refractivity contribution in [1.29, 1.82) is 0 Å². The van der Waals surface area contributed by atoms with Gasteiger partial charge in [-0.05, 0) is 31.4 Å². The third kappa shape index (κ3) is 3.00. The second kappa shape index (κ2) is 6.16. The maximum absolute atomic E-state index is 9.50. The van der Waals surface area contributed by atoms with Crippen LogP contribution in [0.1, 0.15) is 44.2 Å². The first-order valence-corrected chi connectivity index (χ1v) is 6.81. The van der Waals surface area contributed by atoms with Crippen LogP contribution in [0.5, 0.6) is 0 Å². The zero-order valence-corrected chi connectivity index (χ0v) is 11.0. The van der Waals surface area contributed by atoms with Crippen molar-refractivity contribution >= 4 is 5.82 Å². The van der Waals surface area contributed by atoms with Crippen LogP contribution in [0, 0.1) is 0 Å². The SMILES string of the molecule is C[C@H](N)c1ccc(N2CCCCCC2CO)nc1. The number of nitrogens with two attached hydrogens (primary N) is 1. The summed E-state index contributed by atoms with van der Waals surface area (Å²) in [5.41, 5.74) is 6.88. The van der Waals surface area contributed by atoms with Gasteiger partial charge in [0.1, 0.15) is 5.82 Å². The molecule has 1 fully saturated rings. The fourth-order valence-corrected chi connectivity index (χ4v) is 2.51. The standard InChI is InChI=1S/C14H23N3O/c1-11(15)12-6-7-14(16-9-12)17-8-4-2-3-5-13(17)10-18/h6-7,9,11,13,18H,2-5,8,10,15H2,1H3/t11-,13?/m0/s1. The minimum Gasteiger partial charge on any atom is -0.394 e. The normalized spacial score (nSPS) is 22.6. The third-order valence-electron chi connectivity index (χ3n) is 3.68. The summed E-state index contributed by atoms with van der Waals surface area (Å²) in [6.45, 7) is 3.14. The van der Waals surface area contributed by atoms with Gasteiger partial charge in [0, 0.05) is 18.8 Å². The predicted molar refractivity (Wildman–Crippen MR) is 73.5 cm³/mol. The molecule has 0 aromatic carbocycles. The molecule has 2 atom stereocenters. The third-order valence-corrected chi connectivity index (χ3v) is 3.68. The molecule has 3 N–H and O–H groups in total. The summed E-state index contributed by atoms with van der Waals surface area (Å²) >= 11 is 0. The second-order valence-corrected chi connectivity index (χ2v) is 5.12. The van der Waals surface area contributed by atoms with Gasteiger partial charge in [-0.1, -0.05) is 18.9 Å². The van der Waals surface area contributed by atoms with Crippen molar-refractivity contribution in [2.45, 2.75) is 44.7 Å². The van der Waals surface area contributed by atoms with E-state index in [1.165, 1.54) is 19.3 Å². The summed E-state index contributed by atoms with van der Waals surface area (Å²) in [7, 11) is 0. The molecule has 1 aliphatic rings. The lowest BCUT2D eigenvalue weighted by molar-refractivity contribution is 0.254. The number of hydrogen-bond acceptors (Lipinski definition) is 4. The van der Waals surface area contributed by atoms with Crippen LogP contribution in [0.15, 0.2) is 18.3 Å². The number of aliphatic hydroxyl groups excluding tert-OH is 1. The average molecular weight is 249 g/mol. The number of anilines is 1. The molecule has 1 aromatic heterocycles. The van der Waals surface area contributed by atoms with Gasteiger partial charge in [0.05, 0.1) is 12.6 Å². The lowest BCUT2D eigenvalue weighted by atomic mass is 10.1. The number of hydrogen-bond donors (Lipinski definition) is 2. The van der Waals surface area contributed by atoms with Crippen molar-refractivity contribution in [1.82, 2.24) is 4.98 Å². The minimum absolute atomic E-state index is 0.0179. The summed E-state index contributed by atoms with van der Waals surface area (Å²) in [4.78, 5) is 6.73. The van der Waals surface area contributed by atoms with E-state index in [9.17, 15) is 5.11 Å². The van der Waals surface area contributed by atoms with Crippen molar-refractivity contribution in [3.8, 4) is 0 Å². The van der Waals surface area contributed by atoms with Crippen molar-refractivity contribution in [3.05, 3.63) is 23.9 Å². The molecule has 0 saturated carbocycles. The van der Waals surface area contributed by atoms with Gasteiger partial charge in [-0.3, -0.25) is 0 Å². The zero-order valence-electron chi connectivity index (χ0n) is 11.0. The molecule has 1 saturated heterocycles. The van der Waals surface area contributed by atoms with Crippen molar-refractivity contribution in [2.24, 2.45) is 5.73 Å². The van der Waals surface area contributed by atoms with Gasteiger partial charge in [0.2, 0.25) is 0 Å². The molecular weight excluding hydrogens is 226 g/mol. The zero-order chi connectivity index (χ0) is 13.0. The Bertz CT molecular complexity index is 364. The van der Waals surface area contributed by atoms with Gasteiger partial charge in [-0.25, -0.2) is 4.98 Å². The molecule has 2 rings (SSSR count). The number of aliphatic hydroxyl groups is 1. The highest BCUT2D eigenvalue weighted by Gasteiger charge is 2.21. The molecule has 4 heteroatoms. The maximum Gasteiger partial charge on any atom is 0.128 e. The Balaban J connectivity index is 2.16. The number of pyridine rings is 1. The smallest absolute Gasteiger partial charge is 0.128 e. The highest BCUT2D eigenvalue weighted by molar-refractivity contribution is 5.41. The van der Waals surface area contributed by atoms with E-state index in [2.05, 4.69) is 9.88 Å². The molecule has 0 radical (unpaired) electrons. The largest absolute Gasteiger partial charge is 0.394 e. The molecule has 0 amide bonds. The molecule has 0 aliphatic carbocycles. The Hall–Kier alpha value is -1.13. The van der Waals surface area contributed by atoms with E-state index in [1.54, 1.807) is 0 Å². The average Bonchev–Trinajstić information content (AvgIpc) is 2.63. The molecule has 18 heavy (non-hydrogen) atoms. The van der Waals surface area contributed by atoms with E-state index in [-0.39, 0.29) is 18.7 Å². The summed E-state index contributed by atoms with van der Waals surface area (Å²) in [6.07, 6.45) is 6.50. The lowest BCUT2D eigenvalue weighted by Crippen LogP contribution is -2.38. The molecule has 4 nitrogen and oxygen atoms in total.